The molecule has 0 radical (unpaired) electrons. The lowest BCUT2D eigenvalue weighted by Crippen LogP contribution is -2.05. The van der Waals surface area contributed by atoms with Gasteiger partial charge in [-0.1, -0.05) is 6.07 Å². The van der Waals surface area contributed by atoms with E-state index in [1.165, 1.54) is 31.4 Å². The van der Waals surface area contributed by atoms with Crippen molar-refractivity contribution in [2.24, 2.45) is 0 Å². The Morgan fingerprint density at radius 3 is 2.52 bits per heavy atom. The molecule has 6 heteroatoms. The first kappa shape index (κ1) is 15.4. The molecule has 2 aromatic rings. The average Bonchev–Trinajstić information content (AvgIpc) is 2.48. The van der Waals surface area contributed by atoms with Crippen molar-refractivity contribution >= 4 is 21.9 Å². The predicted octanol–water partition coefficient (Wildman–Crippen LogP) is 4.09. The Morgan fingerprint density at radius 1 is 1.14 bits per heavy atom. The molecule has 0 aliphatic rings. The van der Waals surface area contributed by atoms with Crippen LogP contribution in [0.4, 0.5) is 8.78 Å². The maximum absolute atomic E-state index is 13.7. The number of carbonyl (C=O) groups excluding carboxylic acids is 1. The third-order valence-electron chi connectivity index (χ3n) is 2.74. The summed E-state index contributed by atoms with van der Waals surface area (Å²) in [6.07, 6.45) is 0. The number of hydrogen-bond acceptors (Lipinski definition) is 3. The molecule has 0 fully saturated rings. The molecule has 0 heterocycles. The number of hydrogen-bond donors (Lipinski definition) is 0. The van der Waals surface area contributed by atoms with Crippen molar-refractivity contribution in [2.45, 2.75) is 6.61 Å². The van der Waals surface area contributed by atoms with Gasteiger partial charge in [-0.2, -0.15) is 0 Å². The summed E-state index contributed by atoms with van der Waals surface area (Å²) >= 11 is 3.04. The maximum Gasteiger partial charge on any atom is 0.340 e. The number of esters is 1. The number of ether oxygens (including phenoxy) is 2. The summed E-state index contributed by atoms with van der Waals surface area (Å²) in [6.45, 7) is 0.0550. The second-order valence-corrected chi connectivity index (χ2v) is 5.02. The molecule has 2 aromatic carbocycles. The van der Waals surface area contributed by atoms with Crippen LogP contribution in [0.2, 0.25) is 0 Å². The lowest BCUT2D eigenvalue weighted by molar-refractivity contribution is 0.0595. The van der Waals surface area contributed by atoms with E-state index in [0.717, 1.165) is 0 Å². The number of methoxy groups -OCH3 is 1. The Morgan fingerprint density at radius 2 is 1.90 bits per heavy atom. The first-order valence-electron chi connectivity index (χ1n) is 5.96. The Hall–Kier alpha value is -1.95. The summed E-state index contributed by atoms with van der Waals surface area (Å²) in [6, 6.07) is 8.38. The molecule has 2 rings (SSSR count). The van der Waals surface area contributed by atoms with Crippen molar-refractivity contribution in [1.82, 2.24) is 0 Å². The molecule has 0 bridgehead atoms. The first-order valence-corrected chi connectivity index (χ1v) is 6.75. The van der Waals surface area contributed by atoms with Gasteiger partial charge in [-0.3, -0.25) is 0 Å². The molecule has 0 amide bonds. The molecule has 3 nitrogen and oxygen atoms in total. The van der Waals surface area contributed by atoms with Crippen LogP contribution in [-0.4, -0.2) is 13.1 Å². The van der Waals surface area contributed by atoms with Crippen LogP contribution in [0.3, 0.4) is 0 Å². The normalized spacial score (nSPS) is 10.3. The molecule has 0 saturated carbocycles. The van der Waals surface area contributed by atoms with Crippen molar-refractivity contribution in [3.8, 4) is 5.75 Å². The van der Waals surface area contributed by atoms with Crippen molar-refractivity contribution in [3.05, 3.63) is 63.6 Å². The predicted molar refractivity (Wildman–Crippen MR) is 76.2 cm³/mol. The van der Waals surface area contributed by atoms with E-state index in [1.54, 1.807) is 12.1 Å². The van der Waals surface area contributed by atoms with Crippen molar-refractivity contribution in [3.63, 3.8) is 0 Å². The number of halogens is 3. The zero-order valence-corrected chi connectivity index (χ0v) is 12.6. The third kappa shape index (κ3) is 3.78. The summed E-state index contributed by atoms with van der Waals surface area (Å²) < 4.78 is 37.2. The molecule has 0 aliphatic heterocycles. The van der Waals surface area contributed by atoms with E-state index >= 15 is 0 Å². The third-order valence-corrected chi connectivity index (χ3v) is 3.38. The average molecular weight is 357 g/mol. The van der Waals surface area contributed by atoms with Gasteiger partial charge in [0.1, 0.15) is 24.0 Å². The van der Waals surface area contributed by atoms with Crippen LogP contribution in [0.25, 0.3) is 0 Å². The van der Waals surface area contributed by atoms with Crippen LogP contribution in [-0.2, 0) is 11.3 Å². The molecule has 0 N–H and O–H groups in total. The molecular weight excluding hydrogens is 346 g/mol. The molecule has 0 spiro atoms. The van der Waals surface area contributed by atoms with Gasteiger partial charge in [0.25, 0.3) is 0 Å². The van der Waals surface area contributed by atoms with Crippen LogP contribution >= 0.6 is 15.9 Å². The molecule has 0 atom stereocenters. The summed E-state index contributed by atoms with van der Waals surface area (Å²) in [5.74, 6) is -1.55. The van der Waals surface area contributed by atoms with Crippen molar-refractivity contribution in [1.29, 1.82) is 0 Å². The first-order chi connectivity index (χ1) is 10.0. The van der Waals surface area contributed by atoms with Crippen LogP contribution in [0.5, 0.6) is 5.75 Å². The van der Waals surface area contributed by atoms with Gasteiger partial charge in [0.05, 0.1) is 17.1 Å². The SMILES string of the molecule is COC(=O)c1ccc(COc2ccc(Br)c(F)c2)cc1F. The number of rotatable bonds is 4. The fourth-order valence-electron chi connectivity index (χ4n) is 1.66. The van der Waals surface area contributed by atoms with E-state index in [2.05, 4.69) is 20.7 Å². The number of benzene rings is 2. The number of carbonyl (C=O) groups is 1. The molecular formula is C15H11BrF2O3. The monoisotopic (exact) mass is 356 g/mol. The van der Waals surface area contributed by atoms with E-state index in [4.69, 9.17) is 4.74 Å². The van der Waals surface area contributed by atoms with Gasteiger partial charge in [0.2, 0.25) is 0 Å². The summed E-state index contributed by atoms with van der Waals surface area (Å²) in [4.78, 5) is 11.3. The van der Waals surface area contributed by atoms with Crippen molar-refractivity contribution in [2.75, 3.05) is 7.11 Å². The quantitative estimate of drug-likeness (QED) is 0.774. The smallest absolute Gasteiger partial charge is 0.340 e. The Labute approximate surface area is 128 Å². The lowest BCUT2D eigenvalue weighted by atomic mass is 10.1. The molecule has 21 heavy (non-hydrogen) atoms. The fourth-order valence-corrected chi connectivity index (χ4v) is 1.90. The zero-order chi connectivity index (χ0) is 15.4. The largest absolute Gasteiger partial charge is 0.489 e. The van der Waals surface area contributed by atoms with Crippen LogP contribution < -0.4 is 4.74 Å². The molecule has 110 valence electrons. The van der Waals surface area contributed by atoms with E-state index in [-0.39, 0.29) is 12.2 Å². The van der Waals surface area contributed by atoms with E-state index in [9.17, 15) is 13.6 Å². The lowest BCUT2D eigenvalue weighted by Gasteiger charge is -2.08. The van der Waals surface area contributed by atoms with Gasteiger partial charge in [-0.15, -0.1) is 0 Å². The van der Waals surface area contributed by atoms with E-state index < -0.39 is 17.6 Å². The van der Waals surface area contributed by atoms with E-state index in [1.807, 2.05) is 0 Å². The zero-order valence-electron chi connectivity index (χ0n) is 11.0. The highest BCUT2D eigenvalue weighted by Crippen LogP contribution is 2.22. The van der Waals surface area contributed by atoms with Gasteiger partial charge in [0, 0.05) is 6.07 Å². The van der Waals surface area contributed by atoms with E-state index in [0.29, 0.717) is 15.8 Å². The summed E-state index contributed by atoms with van der Waals surface area (Å²) in [7, 11) is 1.18. The summed E-state index contributed by atoms with van der Waals surface area (Å²) in [5, 5.41) is 0. The molecule has 0 aromatic heterocycles. The fraction of sp³-hybridized carbons (Fsp3) is 0.133. The van der Waals surface area contributed by atoms with Gasteiger partial charge in [-0.25, -0.2) is 13.6 Å². The minimum atomic E-state index is -0.741. The Bertz CT molecular complexity index is 674. The van der Waals surface area contributed by atoms with Gasteiger partial charge < -0.3 is 9.47 Å². The highest BCUT2D eigenvalue weighted by molar-refractivity contribution is 9.10. The van der Waals surface area contributed by atoms with Gasteiger partial charge >= 0.3 is 5.97 Å². The van der Waals surface area contributed by atoms with Crippen LogP contribution in [0.15, 0.2) is 40.9 Å². The maximum atomic E-state index is 13.7. The second kappa shape index (κ2) is 6.67. The minimum Gasteiger partial charge on any atom is -0.489 e. The topological polar surface area (TPSA) is 35.5 Å². The van der Waals surface area contributed by atoms with Gasteiger partial charge in [0.15, 0.2) is 0 Å². The van der Waals surface area contributed by atoms with Crippen LogP contribution in [0.1, 0.15) is 15.9 Å². The highest BCUT2D eigenvalue weighted by Gasteiger charge is 2.12. The molecule has 0 saturated heterocycles. The molecule has 0 aliphatic carbocycles. The van der Waals surface area contributed by atoms with Gasteiger partial charge in [-0.05, 0) is 45.8 Å². The van der Waals surface area contributed by atoms with Crippen LogP contribution in [0, 0.1) is 11.6 Å². The standard InChI is InChI=1S/C15H11BrF2O3/c1-20-15(19)11-4-2-9(6-13(11)17)8-21-10-3-5-12(16)14(18)7-10/h2-7H,8H2,1H3. The van der Waals surface area contributed by atoms with Crippen molar-refractivity contribution < 1.29 is 23.0 Å². The highest BCUT2D eigenvalue weighted by atomic mass is 79.9. The Kier molecular flexibility index (Phi) is 4.90. The minimum absolute atomic E-state index is 0.0550. The summed E-state index contributed by atoms with van der Waals surface area (Å²) in [5.41, 5.74) is 0.374. The second-order valence-electron chi connectivity index (χ2n) is 4.17. The molecule has 0 unspecified atom stereocenters. The Balaban J connectivity index is 2.08.